The second-order valence-electron chi connectivity index (χ2n) is 7.43. The molecular weight excluding hydrogens is 508 g/mol. The maximum atomic E-state index is 13.6. The Morgan fingerprint density at radius 1 is 1.21 bits per heavy atom. The molecular formula is C24H17BrN2O5S. The van der Waals surface area contributed by atoms with E-state index in [1.807, 2.05) is 24.3 Å². The summed E-state index contributed by atoms with van der Waals surface area (Å²) in [5, 5.41) is 0.689. The number of amides is 1. The van der Waals surface area contributed by atoms with Gasteiger partial charge in [-0.3, -0.25) is 14.5 Å². The standard InChI is InChI=1S/C24H17BrN2O5S/c1-3-31-23(30)21-12(2)26-24(33-21)27-18(13-7-6-8-14(25)11-13)17-19(28)15-9-4-5-10-16(15)32-20(17)22(27)29/h4-11,18H,3H2,1-2H3/t18-/m0/s1. The van der Waals surface area contributed by atoms with Crippen molar-refractivity contribution in [1.29, 1.82) is 0 Å². The monoisotopic (exact) mass is 524 g/mol. The fraction of sp³-hybridized carbons (Fsp3) is 0.167. The second kappa shape index (κ2) is 8.24. The first kappa shape index (κ1) is 21.5. The third kappa shape index (κ3) is 3.48. The third-order valence-electron chi connectivity index (χ3n) is 5.39. The van der Waals surface area contributed by atoms with Gasteiger partial charge in [-0.1, -0.05) is 51.5 Å². The molecule has 2 aromatic heterocycles. The SMILES string of the molecule is CCOC(=O)c1sc(N2C(=O)c3oc4ccccc4c(=O)c3[C@@H]2c2cccc(Br)c2)nc1C. The fourth-order valence-electron chi connectivity index (χ4n) is 3.98. The molecule has 1 atom stereocenters. The second-order valence-corrected chi connectivity index (χ2v) is 9.33. The van der Waals surface area contributed by atoms with Crippen LogP contribution in [0.3, 0.4) is 0 Å². The van der Waals surface area contributed by atoms with Gasteiger partial charge in [0.25, 0.3) is 5.91 Å². The molecule has 0 radical (unpaired) electrons. The van der Waals surface area contributed by atoms with Crippen LogP contribution in [0, 0.1) is 6.92 Å². The third-order valence-corrected chi connectivity index (χ3v) is 7.02. The largest absolute Gasteiger partial charge is 0.462 e. The summed E-state index contributed by atoms with van der Waals surface area (Å²) in [6, 6.07) is 13.5. The number of carbonyl (C=O) groups excluding carboxylic acids is 2. The van der Waals surface area contributed by atoms with E-state index in [0.29, 0.717) is 32.2 Å². The molecule has 5 rings (SSSR count). The topological polar surface area (TPSA) is 89.7 Å². The summed E-state index contributed by atoms with van der Waals surface area (Å²) in [5.74, 6) is -1.00. The number of hydrogen-bond acceptors (Lipinski definition) is 7. The molecule has 1 amide bonds. The summed E-state index contributed by atoms with van der Waals surface area (Å²) in [6.45, 7) is 3.64. The zero-order chi connectivity index (χ0) is 23.3. The van der Waals surface area contributed by atoms with Crippen molar-refractivity contribution in [3.8, 4) is 0 Å². The molecule has 3 heterocycles. The minimum Gasteiger partial charge on any atom is -0.462 e. The Labute approximate surface area is 200 Å². The van der Waals surface area contributed by atoms with Gasteiger partial charge >= 0.3 is 5.97 Å². The van der Waals surface area contributed by atoms with E-state index in [1.165, 1.54) is 4.90 Å². The first-order valence-corrected chi connectivity index (χ1v) is 11.8. The van der Waals surface area contributed by atoms with Gasteiger partial charge in [0, 0.05) is 4.47 Å². The molecule has 9 heteroatoms. The number of ether oxygens (including phenoxy) is 1. The van der Waals surface area contributed by atoms with Crippen LogP contribution in [-0.4, -0.2) is 23.5 Å². The average molecular weight is 525 g/mol. The number of rotatable bonds is 4. The number of esters is 1. The van der Waals surface area contributed by atoms with Crippen molar-refractivity contribution < 1.29 is 18.7 Å². The lowest BCUT2D eigenvalue weighted by molar-refractivity contribution is 0.0531. The molecule has 0 saturated carbocycles. The molecule has 0 N–H and O–H groups in total. The molecule has 0 bridgehead atoms. The maximum Gasteiger partial charge on any atom is 0.350 e. The quantitative estimate of drug-likeness (QED) is 0.339. The van der Waals surface area contributed by atoms with Crippen molar-refractivity contribution in [2.24, 2.45) is 0 Å². The van der Waals surface area contributed by atoms with Crippen LogP contribution in [0.4, 0.5) is 5.13 Å². The summed E-state index contributed by atoms with van der Waals surface area (Å²) in [5.41, 5.74) is 1.49. The van der Waals surface area contributed by atoms with Crippen LogP contribution in [0.15, 0.2) is 62.2 Å². The van der Waals surface area contributed by atoms with Crippen molar-refractivity contribution in [1.82, 2.24) is 4.98 Å². The molecule has 1 aliphatic heterocycles. The number of hydrogen-bond donors (Lipinski definition) is 0. The van der Waals surface area contributed by atoms with Gasteiger partial charge in [0.2, 0.25) is 5.76 Å². The van der Waals surface area contributed by atoms with Crippen LogP contribution in [0.2, 0.25) is 0 Å². The minimum absolute atomic E-state index is 0.0192. The Morgan fingerprint density at radius 3 is 2.76 bits per heavy atom. The summed E-state index contributed by atoms with van der Waals surface area (Å²) >= 11 is 4.53. The Balaban J connectivity index is 1.75. The predicted octanol–water partition coefficient (Wildman–Crippen LogP) is 5.25. The maximum absolute atomic E-state index is 13.6. The van der Waals surface area contributed by atoms with Crippen LogP contribution in [0.1, 0.15) is 50.0 Å². The van der Waals surface area contributed by atoms with Crippen LogP contribution in [0.25, 0.3) is 11.0 Å². The Bertz CT molecular complexity index is 1490. The summed E-state index contributed by atoms with van der Waals surface area (Å²) in [4.78, 5) is 45.8. The van der Waals surface area contributed by atoms with Crippen LogP contribution in [0.5, 0.6) is 0 Å². The molecule has 0 aliphatic carbocycles. The summed E-state index contributed by atoms with van der Waals surface area (Å²) < 4.78 is 11.9. The molecule has 7 nitrogen and oxygen atoms in total. The van der Waals surface area contributed by atoms with Gasteiger partial charge < -0.3 is 9.15 Å². The molecule has 0 fully saturated rings. The highest BCUT2D eigenvalue weighted by atomic mass is 79.9. The van der Waals surface area contributed by atoms with E-state index >= 15 is 0 Å². The number of aromatic nitrogens is 1. The van der Waals surface area contributed by atoms with Gasteiger partial charge in [-0.25, -0.2) is 9.78 Å². The van der Waals surface area contributed by atoms with E-state index in [-0.39, 0.29) is 23.4 Å². The number of nitrogens with zero attached hydrogens (tertiary/aromatic N) is 2. The molecule has 0 unspecified atom stereocenters. The molecule has 2 aromatic carbocycles. The van der Waals surface area contributed by atoms with Crippen LogP contribution in [-0.2, 0) is 4.74 Å². The Hall–Kier alpha value is -3.30. The predicted molar refractivity (Wildman–Crippen MR) is 128 cm³/mol. The number of carbonyl (C=O) groups is 2. The van der Waals surface area contributed by atoms with Crippen molar-refractivity contribution in [2.75, 3.05) is 11.5 Å². The van der Waals surface area contributed by atoms with Crippen molar-refractivity contribution in [3.63, 3.8) is 0 Å². The van der Waals surface area contributed by atoms with E-state index in [1.54, 1.807) is 38.1 Å². The molecule has 166 valence electrons. The van der Waals surface area contributed by atoms with Gasteiger partial charge in [0.05, 0.1) is 29.3 Å². The number of benzene rings is 2. The van der Waals surface area contributed by atoms with Gasteiger partial charge in [-0.15, -0.1) is 0 Å². The molecule has 1 aliphatic rings. The zero-order valence-electron chi connectivity index (χ0n) is 17.6. The zero-order valence-corrected chi connectivity index (χ0v) is 20.0. The van der Waals surface area contributed by atoms with Crippen molar-refractivity contribution in [3.05, 3.63) is 90.7 Å². The first-order chi connectivity index (χ1) is 15.9. The van der Waals surface area contributed by atoms with Crippen LogP contribution >= 0.6 is 27.3 Å². The van der Waals surface area contributed by atoms with E-state index in [9.17, 15) is 14.4 Å². The van der Waals surface area contributed by atoms with E-state index in [2.05, 4.69) is 20.9 Å². The van der Waals surface area contributed by atoms with E-state index in [0.717, 1.165) is 15.8 Å². The van der Waals surface area contributed by atoms with Gasteiger partial charge in [0.1, 0.15) is 10.5 Å². The van der Waals surface area contributed by atoms with Gasteiger partial charge in [-0.05, 0) is 43.7 Å². The number of halogens is 1. The smallest absolute Gasteiger partial charge is 0.350 e. The van der Waals surface area contributed by atoms with Crippen molar-refractivity contribution >= 4 is 55.2 Å². The lowest BCUT2D eigenvalue weighted by atomic mass is 9.99. The number of anilines is 1. The van der Waals surface area contributed by atoms with E-state index < -0.39 is 17.9 Å². The Morgan fingerprint density at radius 2 is 2.00 bits per heavy atom. The Kier molecular flexibility index (Phi) is 5.38. The number of aryl methyl sites for hydroxylation is 1. The molecule has 0 saturated heterocycles. The average Bonchev–Trinajstić information content (AvgIpc) is 3.32. The van der Waals surface area contributed by atoms with Crippen molar-refractivity contribution in [2.45, 2.75) is 19.9 Å². The normalized spacial score (nSPS) is 15.2. The van der Waals surface area contributed by atoms with Gasteiger partial charge in [0.15, 0.2) is 10.6 Å². The lowest BCUT2D eigenvalue weighted by Gasteiger charge is -2.22. The number of para-hydroxylation sites is 1. The fourth-order valence-corrected chi connectivity index (χ4v) is 5.38. The number of fused-ring (bicyclic) bond motifs is 2. The van der Waals surface area contributed by atoms with Crippen LogP contribution < -0.4 is 10.3 Å². The molecule has 33 heavy (non-hydrogen) atoms. The minimum atomic E-state index is -0.758. The number of thiazole rings is 1. The summed E-state index contributed by atoms with van der Waals surface area (Å²) in [6.07, 6.45) is 0. The highest BCUT2D eigenvalue weighted by molar-refractivity contribution is 9.10. The van der Waals surface area contributed by atoms with E-state index in [4.69, 9.17) is 9.15 Å². The molecule has 4 aromatic rings. The lowest BCUT2D eigenvalue weighted by Crippen LogP contribution is -2.29. The highest BCUT2D eigenvalue weighted by Gasteiger charge is 2.45. The van der Waals surface area contributed by atoms with Gasteiger partial charge in [-0.2, -0.15) is 0 Å². The summed E-state index contributed by atoms with van der Waals surface area (Å²) in [7, 11) is 0. The highest BCUT2D eigenvalue weighted by Crippen LogP contribution is 2.43. The molecule has 0 spiro atoms. The first-order valence-electron chi connectivity index (χ1n) is 10.2.